The topological polar surface area (TPSA) is 48.0 Å². The number of rotatable bonds is 3. The standard InChI is InChI=1S/C14H13FN2OS/c1-9-3-2-4-13(18)17(9)8-10-5-6-11(15)7-12(10)14(16)19/h2-7H,8H2,1H3,(H2,16,19). The number of thiocarbonyl (C=S) groups is 1. The number of aryl methyl sites for hydroxylation is 1. The molecule has 0 aliphatic rings. The molecule has 3 nitrogen and oxygen atoms in total. The van der Waals surface area contributed by atoms with Crippen LogP contribution in [0.3, 0.4) is 0 Å². The van der Waals surface area contributed by atoms with Gasteiger partial charge in [-0.1, -0.05) is 24.4 Å². The van der Waals surface area contributed by atoms with E-state index >= 15 is 0 Å². The van der Waals surface area contributed by atoms with Crippen molar-refractivity contribution in [3.05, 3.63) is 69.4 Å². The van der Waals surface area contributed by atoms with E-state index < -0.39 is 5.82 Å². The molecule has 0 spiro atoms. The molecular weight excluding hydrogens is 263 g/mol. The zero-order valence-electron chi connectivity index (χ0n) is 10.4. The van der Waals surface area contributed by atoms with Gasteiger partial charge in [-0.3, -0.25) is 4.79 Å². The Hall–Kier alpha value is -2.01. The van der Waals surface area contributed by atoms with Crippen molar-refractivity contribution >= 4 is 17.2 Å². The van der Waals surface area contributed by atoms with Gasteiger partial charge < -0.3 is 10.3 Å². The van der Waals surface area contributed by atoms with Crippen LogP contribution in [0.2, 0.25) is 0 Å². The number of benzene rings is 1. The minimum absolute atomic E-state index is 0.113. The molecular formula is C14H13FN2OS. The summed E-state index contributed by atoms with van der Waals surface area (Å²) in [7, 11) is 0. The van der Waals surface area contributed by atoms with E-state index in [0.717, 1.165) is 11.3 Å². The summed E-state index contributed by atoms with van der Waals surface area (Å²) in [6.45, 7) is 2.16. The second-order valence-corrected chi connectivity index (χ2v) is 4.70. The van der Waals surface area contributed by atoms with Gasteiger partial charge in [-0.2, -0.15) is 0 Å². The van der Waals surface area contributed by atoms with Crippen molar-refractivity contribution in [1.29, 1.82) is 0 Å². The average Bonchev–Trinajstić information content (AvgIpc) is 2.35. The lowest BCUT2D eigenvalue weighted by molar-refractivity contribution is 0.625. The third-order valence-corrected chi connectivity index (χ3v) is 3.15. The molecule has 0 aliphatic heterocycles. The van der Waals surface area contributed by atoms with Crippen LogP contribution >= 0.6 is 12.2 Å². The van der Waals surface area contributed by atoms with E-state index in [1.807, 2.05) is 13.0 Å². The molecule has 98 valence electrons. The van der Waals surface area contributed by atoms with E-state index in [2.05, 4.69) is 0 Å². The Balaban J connectivity index is 2.50. The number of hydrogen-bond donors (Lipinski definition) is 1. The molecule has 0 amide bonds. The predicted molar refractivity (Wildman–Crippen MR) is 76.8 cm³/mol. The van der Waals surface area contributed by atoms with Crippen LogP contribution in [0, 0.1) is 12.7 Å². The summed E-state index contributed by atoms with van der Waals surface area (Å²) in [5.74, 6) is -0.399. The summed E-state index contributed by atoms with van der Waals surface area (Å²) in [5, 5.41) is 0. The van der Waals surface area contributed by atoms with Gasteiger partial charge in [0, 0.05) is 17.3 Å². The van der Waals surface area contributed by atoms with Gasteiger partial charge in [-0.25, -0.2) is 4.39 Å². The fourth-order valence-corrected chi connectivity index (χ4v) is 2.10. The van der Waals surface area contributed by atoms with Gasteiger partial charge in [0.05, 0.1) is 6.54 Å². The van der Waals surface area contributed by atoms with Crippen molar-refractivity contribution in [3.63, 3.8) is 0 Å². The van der Waals surface area contributed by atoms with Crippen molar-refractivity contribution in [3.8, 4) is 0 Å². The molecule has 2 N–H and O–H groups in total. The van der Waals surface area contributed by atoms with Gasteiger partial charge in [0.1, 0.15) is 10.8 Å². The second-order valence-electron chi connectivity index (χ2n) is 4.26. The highest BCUT2D eigenvalue weighted by molar-refractivity contribution is 7.80. The molecule has 0 unspecified atom stereocenters. The zero-order valence-corrected chi connectivity index (χ0v) is 11.2. The summed E-state index contributed by atoms with van der Waals surface area (Å²) in [6, 6.07) is 9.25. The van der Waals surface area contributed by atoms with Gasteiger partial charge in [0.2, 0.25) is 0 Å². The molecule has 0 saturated carbocycles. The first-order chi connectivity index (χ1) is 8.99. The Bertz CT molecular complexity index is 694. The van der Waals surface area contributed by atoms with Crippen LogP contribution in [0.15, 0.2) is 41.2 Å². The minimum Gasteiger partial charge on any atom is -0.389 e. The lowest BCUT2D eigenvalue weighted by Gasteiger charge is -2.12. The monoisotopic (exact) mass is 276 g/mol. The Kier molecular flexibility index (Phi) is 3.76. The van der Waals surface area contributed by atoms with Crippen LogP contribution in [0.5, 0.6) is 0 Å². The fourth-order valence-electron chi connectivity index (χ4n) is 1.91. The maximum absolute atomic E-state index is 13.2. The Morgan fingerprint density at radius 1 is 1.37 bits per heavy atom. The third kappa shape index (κ3) is 2.88. The Morgan fingerprint density at radius 3 is 2.74 bits per heavy atom. The smallest absolute Gasteiger partial charge is 0.251 e. The lowest BCUT2D eigenvalue weighted by Crippen LogP contribution is -2.23. The zero-order chi connectivity index (χ0) is 14.0. The third-order valence-electron chi connectivity index (χ3n) is 2.93. The molecule has 2 aromatic rings. The summed E-state index contributed by atoms with van der Waals surface area (Å²) in [5.41, 5.74) is 7.49. The molecule has 0 radical (unpaired) electrons. The van der Waals surface area contributed by atoms with Crippen LogP contribution in [0.4, 0.5) is 4.39 Å². The van der Waals surface area contributed by atoms with Gasteiger partial charge in [-0.15, -0.1) is 0 Å². The minimum atomic E-state index is -0.399. The number of pyridine rings is 1. The molecule has 0 atom stereocenters. The first-order valence-electron chi connectivity index (χ1n) is 5.73. The average molecular weight is 276 g/mol. The van der Waals surface area contributed by atoms with Crippen molar-refractivity contribution < 1.29 is 4.39 Å². The Morgan fingerprint density at radius 2 is 2.11 bits per heavy atom. The Labute approximate surface area is 115 Å². The first kappa shape index (κ1) is 13.4. The number of nitrogens with zero attached hydrogens (tertiary/aromatic N) is 1. The van der Waals surface area contributed by atoms with Crippen LogP contribution in [0.25, 0.3) is 0 Å². The molecule has 19 heavy (non-hydrogen) atoms. The van der Waals surface area contributed by atoms with Crippen molar-refractivity contribution in [2.45, 2.75) is 13.5 Å². The number of halogens is 1. The SMILES string of the molecule is Cc1cccc(=O)n1Cc1ccc(F)cc1C(N)=S. The van der Waals surface area contributed by atoms with E-state index in [0.29, 0.717) is 12.1 Å². The van der Waals surface area contributed by atoms with E-state index in [4.69, 9.17) is 18.0 Å². The predicted octanol–water partition coefficient (Wildman–Crippen LogP) is 1.98. The molecule has 1 aromatic carbocycles. The van der Waals surface area contributed by atoms with E-state index in [1.165, 1.54) is 18.2 Å². The van der Waals surface area contributed by atoms with E-state index in [-0.39, 0.29) is 10.5 Å². The molecule has 0 bridgehead atoms. The van der Waals surface area contributed by atoms with E-state index in [1.54, 1.807) is 16.7 Å². The highest BCUT2D eigenvalue weighted by Gasteiger charge is 2.09. The van der Waals surface area contributed by atoms with Crippen LogP contribution in [0.1, 0.15) is 16.8 Å². The van der Waals surface area contributed by atoms with Crippen LogP contribution < -0.4 is 11.3 Å². The fraction of sp³-hybridized carbons (Fsp3) is 0.143. The highest BCUT2D eigenvalue weighted by Crippen LogP contribution is 2.13. The highest BCUT2D eigenvalue weighted by atomic mass is 32.1. The van der Waals surface area contributed by atoms with Gasteiger partial charge >= 0.3 is 0 Å². The summed E-state index contributed by atoms with van der Waals surface area (Å²) < 4.78 is 14.8. The molecule has 0 fully saturated rings. The number of hydrogen-bond acceptors (Lipinski definition) is 2. The molecule has 2 rings (SSSR count). The van der Waals surface area contributed by atoms with Crippen molar-refractivity contribution in [2.75, 3.05) is 0 Å². The lowest BCUT2D eigenvalue weighted by atomic mass is 10.1. The molecule has 0 aliphatic carbocycles. The molecule has 0 saturated heterocycles. The molecule has 5 heteroatoms. The molecule has 1 heterocycles. The summed E-state index contributed by atoms with van der Waals surface area (Å²) >= 11 is 4.91. The molecule has 1 aromatic heterocycles. The van der Waals surface area contributed by atoms with Crippen molar-refractivity contribution in [1.82, 2.24) is 4.57 Å². The first-order valence-corrected chi connectivity index (χ1v) is 6.14. The van der Waals surface area contributed by atoms with Crippen molar-refractivity contribution in [2.24, 2.45) is 5.73 Å². The van der Waals surface area contributed by atoms with E-state index in [9.17, 15) is 9.18 Å². The largest absolute Gasteiger partial charge is 0.389 e. The van der Waals surface area contributed by atoms with Crippen LogP contribution in [-0.2, 0) is 6.54 Å². The normalized spacial score (nSPS) is 10.4. The second kappa shape index (κ2) is 5.32. The number of aromatic nitrogens is 1. The summed E-state index contributed by atoms with van der Waals surface area (Å²) in [4.78, 5) is 11.9. The van der Waals surface area contributed by atoms with Gasteiger partial charge in [0.25, 0.3) is 5.56 Å². The maximum atomic E-state index is 13.2. The number of nitrogens with two attached hydrogens (primary N) is 1. The quantitative estimate of drug-likeness (QED) is 0.872. The summed E-state index contributed by atoms with van der Waals surface area (Å²) in [6.07, 6.45) is 0. The van der Waals surface area contributed by atoms with Crippen LogP contribution in [-0.4, -0.2) is 9.56 Å². The van der Waals surface area contributed by atoms with Gasteiger partial charge in [0.15, 0.2) is 0 Å². The van der Waals surface area contributed by atoms with Gasteiger partial charge in [-0.05, 0) is 30.7 Å². The maximum Gasteiger partial charge on any atom is 0.251 e.